The Balaban J connectivity index is 2.11. The van der Waals surface area contributed by atoms with Crippen LogP contribution in [0.2, 0.25) is 0 Å². The summed E-state index contributed by atoms with van der Waals surface area (Å²) in [5.41, 5.74) is 0.313. The van der Waals surface area contributed by atoms with Crippen molar-refractivity contribution in [2.24, 2.45) is 0 Å². The number of aromatic hydroxyl groups is 1. The molecule has 2 rings (SSSR count). The van der Waals surface area contributed by atoms with E-state index in [2.05, 4.69) is 10.3 Å². The molecule has 1 aliphatic rings. The molecule has 0 radical (unpaired) electrons. The van der Waals surface area contributed by atoms with Gasteiger partial charge in [0, 0.05) is 25.8 Å². The summed E-state index contributed by atoms with van der Waals surface area (Å²) in [6.45, 7) is 1.83. The van der Waals surface area contributed by atoms with Crippen LogP contribution in [0.5, 0.6) is 5.75 Å². The van der Waals surface area contributed by atoms with Gasteiger partial charge in [0.05, 0.1) is 11.8 Å². The third-order valence-corrected chi connectivity index (χ3v) is 3.17. The fraction of sp³-hybridized carbons (Fsp3) is 0.500. The van der Waals surface area contributed by atoms with Crippen LogP contribution in [0.15, 0.2) is 18.5 Å². The predicted octanol–water partition coefficient (Wildman–Crippen LogP) is 0.611. The van der Waals surface area contributed by atoms with Crippen LogP contribution in [0.1, 0.15) is 23.2 Å². The van der Waals surface area contributed by atoms with E-state index >= 15 is 0 Å². The summed E-state index contributed by atoms with van der Waals surface area (Å²) in [4.78, 5) is 17.6. The lowest BCUT2D eigenvalue weighted by molar-refractivity contribution is 0.0705. The summed E-state index contributed by atoms with van der Waals surface area (Å²) in [6, 6.07) is 1.74. The van der Waals surface area contributed by atoms with Gasteiger partial charge >= 0.3 is 0 Å². The van der Waals surface area contributed by atoms with E-state index in [1.807, 2.05) is 0 Å². The average Bonchev–Trinajstić information content (AvgIpc) is 2.39. The molecule has 1 atom stereocenters. The number of hydrogen-bond acceptors (Lipinski definition) is 4. The Bertz CT molecular complexity index is 402. The van der Waals surface area contributed by atoms with Crippen molar-refractivity contribution in [2.75, 3.05) is 20.1 Å². The highest BCUT2D eigenvalue weighted by atomic mass is 16.3. The maximum Gasteiger partial charge on any atom is 0.257 e. The second kappa shape index (κ2) is 5.14. The molecule has 5 nitrogen and oxygen atoms in total. The molecule has 17 heavy (non-hydrogen) atoms. The number of carbonyl (C=O) groups is 1. The van der Waals surface area contributed by atoms with E-state index in [1.165, 1.54) is 12.4 Å². The number of aromatic nitrogens is 1. The van der Waals surface area contributed by atoms with Crippen LogP contribution in [0, 0.1) is 0 Å². The van der Waals surface area contributed by atoms with Crippen molar-refractivity contribution < 1.29 is 9.90 Å². The highest BCUT2D eigenvalue weighted by Crippen LogP contribution is 2.18. The van der Waals surface area contributed by atoms with Crippen molar-refractivity contribution in [2.45, 2.75) is 18.9 Å². The summed E-state index contributed by atoms with van der Waals surface area (Å²) in [6.07, 6.45) is 4.88. The van der Waals surface area contributed by atoms with Gasteiger partial charge in [0.25, 0.3) is 5.91 Å². The first-order chi connectivity index (χ1) is 8.20. The largest absolute Gasteiger partial charge is 0.505 e. The van der Waals surface area contributed by atoms with Crippen LogP contribution in [-0.2, 0) is 0 Å². The van der Waals surface area contributed by atoms with Gasteiger partial charge in [-0.1, -0.05) is 0 Å². The molecule has 5 heteroatoms. The van der Waals surface area contributed by atoms with Gasteiger partial charge in [-0.2, -0.15) is 0 Å². The lowest BCUT2D eigenvalue weighted by Crippen LogP contribution is -2.46. The summed E-state index contributed by atoms with van der Waals surface area (Å²) in [7, 11) is 1.78. The lowest BCUT2D eigenvalue weighted by atomic mass is 10.1. The van der Waals surface area contributed by atoms with Crippen LogP contribution in [0.4, 0.5) is 0 Å². The number of pyridine rings is 1. The highest BCUT2D eigenvalue weighted by Gasteiger charge is 2.24. The molecule has 1 unspecified atom stereocenters. The molecule has 0 bridgehead atoms. The number of piperidine rings is 1. The Morgan fingerprint density at radius 3 is 3.12 bits per heavy atom. The molecule has 1 aromatic heterocycles. The average molecular weight is 235 g/mol. The maximum absolute atomic E-state index is 12.2. The predicted molar refractivity (Wildman–Crippen MR) is 63.9 cm³/mol. The Morgan fingerprint density at radius 1 is 1.65 bits per heavy atom. The normalized spacial score (nSPS) is 19.9. The lowest BCUT2D eigenvalue weighted by Gasteiger charge is -2.31. The smallest absolute Gasteiger partial charge is 0.257 e. The molecule has 1 saturated heterocycles. The van der Waals surface area contributed by atoms with Gasteiger partial charge in [-0.25, -0.2) is 0 Å². The van der Waals surface area contributed by atoms with E-state index in [-0.39, 0.29) is 17.7 Å². The third kappa shape index (κ3) is 2.55. The van der Waals surface area contributed by atoms with Gasteiger partial charge < -0.3 is 15.3 Å². The van der Waals surface area contributed by atoms with Gasteiger partial charge in [-0.15, -0.1) is 0 Å². The quantitative estimate of drug-likeness (QED) is 0.788. The molecule has 1 aromatic rings. The number of nitrogens with one attached hydrogen (secondary N) is 1. The molecule has 0 aromatic carbocycles. The van der Waals surface area contributed by atoms with E-state index in [0.29, 0.717) is 5.56 Å². The summed E-state index contributed by atoms with van der Waals surface area (Å²) < 4.78 is 0. The molecular formula is C12H17N3O2. The topological polar surface area (TPSA) is 65.5 Å². The molecule has 0 aliphatic carbocycles. The van der Waals surface area contributed by atoms with Gasteiger partial charge in [-0.05, 0) is 25.5 Å². The maximum atomic E-state index is 12.2. The van der Waals surface area contributed by atoms with Crippen molar-refractivity contribution in [3.05, 3.63) is 24.0 Å². The Kier molecular flexibility index (Phi) is 3.58. The standard InChI is InChI=1S/C12H17N3O2/c1-15(9-3-2-5-13-7-9)12(17)10-4-6-14-8-11(10)16/h4,6,8-9,13,16H,2-3,5,7H2,1H3. The van der Waals surface area contributed by atoms with E-state index in [0.717, 1.165) is 25.9 Å². The first-order valence-corrected chi connectivity index (χ1v) is 5.81. The number of amides is 1. The Hall–Kier alpha value is -1.62. The van der Waals surface area contributed by atoms with Gasteiger partial charge in [0.1, 0.15) is 5.75 Å². The van der Waals surface area contributed by atoms with E-state index in [1.54, 1.807) is 18.0 Å². The second-order valence-corrected chi connectivity index (χ2v) is 4.31. The fourth-order valence-corrected chi connectivity index (χ4v) is 2.09. The monoisotopic (exact) mass is 235 g/mol. The Labute approximate surface area is 100 Å². The van der Waals surface area contributed by atoms with Crippen LogP contribution >= 0.6 is 0 Å². The molecule has 1 aliphatic heterocycles. The van der Waals surface area contributed by atoms with Crippen LogP contribution in [0.3, 0.4) is 0 Å². The SMILES string of the molecule is CN(C(=O)c1ccncc1O)C1CCCNC1. The summed E-state index contributed by atoms with van der Waals surface area (Å²) in [5, 5.41) is 12.9. The van der Waals surface area contributed by atoms with Crippen molar-refractivity contribution >= 4 is 5.91 Å². The minimum atomic E-state index is -0.154. The number of nitrogens with zero attached hydrogens (tertiary/aromatic N) is 2. The molecule has 0 saturated carbocycles. The van der Waals surface area contributed by atoms with Gasteiger partial charge in [0.15, 0.2) is 0 Å². The number of carbonyl (C=O) groups excluding carboxylic acids is 1. The minimum absolute atomic E-state index is 0.0619. The number of hydrogen-bond donors (Lipinski definition) is 2. The van der Waals surface area contributed by atoms with Crippen LogP contribution < -0.4 is 5.32 Å². The third-order valence-electron chi connectivity index (χ3n) is 3.17. The summed E-state index contributed by atoms with van der Waals surface area (Å²) in [5.74, 6) is -0.216. The first kappa shape index (κ1) is 11.9. The van der Waals surface area contributed by atoms with Gasteiger partial charge in [-0.3, -0.25) is 9.78 Å². The molecule has 2 N–H and O–H groups in total. The van der Waals surface area contributed by atoms with Crippen LogP contribution in [-0.4, -0.2) is 47.1 Å². The zero-order chi connectivity index (χ0) is 12.3. The van der Waals surface area contributed by atoms with Crippen molar-refractivity contribution in [3.63, 3.8) is 0 Å². The molecule has 1 fully saturated rings. The molecule has 1 amide bonds. The van der Waals surface area contributed by atoms with E-state index in [4.69, 9.17) is 0 Å². The first-order valence-electron chi connectivity index (χ1n) is 5.81. The van der Waals surface area contributed by atoms with Crippen molar-refractivity contribution in [1.29, 1.82) is 0 Å². The van der Waals surface area contributed by atoms with Crippen molar-refractivity contribution in [1.82, 2.24) is 15.2 Å². The second-order valence-electron chi connectivity index (χ2n) is 4.31. The minimum Gasteiger partial charge on any atom is -0.505 e. The Morgan fingerprint density at radius 2 is 2.47 bits per heavy atom. The highest BCUT2D eigenvalue weighted by molar-refractivity contribution is 5.96. The van der Waals surface area contributed by atoms with Gasteiger partial charge in [0.2, 0.25) is 0 Å². The molecule has 92 valence electrons. The van der Waals surface area contributed by atoms with Crippen LogP contribution in [0.25, 0.3) is 0 Å². The molecular weight excluding hydrogens is 218 g/mol. The fourth-order valence-electron chi connectivity index (χ4n) is 2.09. The number of rotatable bonds is 2. The van der Waals surface area contributed by atoms with E-state index < -0.39 is 0 Å². The molecule has 0 spiro atoms. The summed E-state index contributed by atoms with van der Waals surface area (Å²) >= 11 is 0. The van der Waals surface area contributed by atoms with Crippen molar-refractivity contribution in [3.8, 4) is 5.75 Å². The number of likely N-dealkylation sites (N-methyl/N-ethyl adjacent to an activating group) is 1. The van der Waals surface area contributed by atoms with E-state index in [9.17, 15) is 9.90 Å². The zero-order valence-corrected chi connectivity index (χ0v) is 9.89. The zero-order valence-electron chi connectivity index (χ0n) is 9.89. The molecule has 2 heterocycles.